The number of benzene rings is 1. The maximum absolute atomic E-state index is 11.7. The van der Waals surface area contributed by atoms with Gasteiger partial charge in [-0.3, -0.25) is 9.59 Å². The minimum Gasteiger partial charge on any atom is -0.426 e. The van der Waals surface area contributed by atoms with Crippen molar-refractivity contribution >= 4 is 11.9 Å². The largest absolute Gasteiger partial charge is 0.426 e. The number of fused-ring (bicyclic) bond motifs is 1. The van der Waals surface area contributed by atoms with E-state index < -0.39 is 0 Å². The van der Waals surface area contributed by atoms with Gasteiger partial charge in [-0.15, -0.1) is 0 Å². The second kappa shape index (κ2) is 7.20. The third-order valence-electron chi connectivity index (χ3n) is 7.74. The first-order valence-electron chi connectivity index (χ1n) is 10.8. The first-order chi connectivity index (χ1) is 13.3. The van der Waals surface area contributed by atoms with E-state index >= 15 is 0 Å². The zero-order valence-corrected chi connectivity index (χ0v) is 17.5. The first-order valence-corrected chi connectivity index (χ1v) is 10.8. The zero-order valence-electron chi connectivity index (χ0n) is 17.5. The van der Waals surface area contributed by atoms with Crippen molar-refractivity contribution in [3.05, 3.63) is 23.3 Å². The van der Waals surface area contributed by atoms with Crippen LogP contribution < -0.4 is 9.47 Å². The summed E-state index contributed by atoms with van der Waals surface area (Å²) in [6.45, 7) is 7.63. The second-order valence-corrected chi connectivity index (χ2v) is 9.50. The average Bonchev–Trinajstić information content (AvgIpc) is 2.99. The summed E-state index contributed by atoms with van der Waals surface area (Å²) < 4.78 is 11.1. The molecule has 0 saturated heterocycles. The van der Waals surface area contributed by atoms with Crippen molar-refractivity contribution in [2.75, 3.05) is 0 Å². The zero-order chi connectivity index (χ0) is 20.1. The van der Waals surface area contributed by atoms with Gasteiger partial charge in [-0.05, 0) is 79.7 Å². The molecule has 2 saturated carbocycles. The van der Waals surface area contributed by atoms with Gasteiger partial charge in [0.05, 0.1) is 0 Å². The van der Waals surface area contributed by atoms with Crippen LogP contribution in [0.2, 0.25) is 0 Å². The predicted octanol–water partition coefficient (Wildman–Crippen LogP) is 5.10. The van der Waals surface area contributed by atoms with Crippen LogP contribution in [0.1, 0.15) is 70.9 Å². The Morgan fingerprint density at radius 1 is 1.00 bits per heavy atom. The van der Waals surface area contributed by atoms with Crippen molar-refractivity contribution < 1.29 is 19.1 Å². The molecular weight excluding hydrogens is 352 g/mol. The molecule has 4 nitrogen and oxygen atoms in total. The molecule has 152 valence electrons. The van der Waals surface area contributed by atoms with Gasteiger partial charge in [-0.25, -0.2) is 0 Å². The molecule has 28 heavy (non-hydrogen) atoms. The van der Waals surface area contributed by atoms with Crippen LogP contribution in [-0.2, 0) is 22.4 Å². The van der Waals surface area contributed by atoms with Gasteiger partial charge in [-0.2, -0.15) is 0 Å². The van der Waals surface area contributed by atoms with Crippen LogP contribution in [-0.4, -0.2) is 11.9 Å². The Bertz CT molecular complexity index is 796. The van der Waals surface area contributed by atoms with Gasteiger partial charge in [0.25, 0.3) is 0 Å². The summed E-state index contributed by atoms with van der Waals surface area (Å²) >= 11 is 0. The van der Waals surface area contributed by atoms with Crippen molar-refractivity contribution in [2.24, 2.45) is 29.1 Å². The van der Waals surface area contributed by atoms with E-state index in [1.165, 1.54) is 46.0 Å². The highest BCUT2D eigenvalue weighted by molar-refractivity contribution is 5.72. The van der Waals surface area contributed by atoms with Gasteiger partial charge in [-0.1, -0.05) is 20.3 Å². The van der Waals surface area contributed by atoms with E-state index in [2.05, 4.69) is 13.8 Å². The van der Waals surface area contributed by atoms with Gasteiger partial charge in [0, 0.05) is 25.0 Å². The third kappa shape index (κ3) is 3.15. The SMILES string of the molecule is CC(=O)Oc1ccc(OC(C)=O)c2c1CC1CCCC3C(C(C)C)CCC13C2. The topological polar surface area (TPSA) is 52.6 Å². The lowest BCUT2D eigenvalue weighted by molar-refractivity contribution is -0.133. The highest BCUT2D eigenvalue weighted by Gasteiger charge is 2.56. The number of ether oxygens (including phenoxy) is 2. The van der Waals surface area contributed by atoms with E-state index in [0.717, 1.165) is 35.8 Å². The molecule has 4 atom stereocenters. The van der Waals surface area contributed by atoms with Crippen LogP contribution in [0.15, 0.2) is 12.1 Å². The number of rotatable bonds is 3. The van der Waals surface area contributed by atoms with E-state index in [-0.39, 0.29) is 11.9 Å². The lowest BCUT2D eigenvalue weighted by Gasteiger charge is -2.51. The molecule has 4 heteroatoms. The maximum atomic E-state index is 11.7. The monoisotopic (exact) mass is 384 g/mol. The van der Waals surface area contributed by atoms with Crippen LogP contribution in [0.3, 0.4) is 0 Å². The molecule has 0 bridgehead atoms. The van der Waals surface area contributed by atoms with Crippen LogP contribution in [0.5, 0.6) is 11.5 Å². The molecule has 1 spiro atoms. The maximum Gasteiger partial charge on any atom is 0.308 e. The van der Waals surface area contributed by atoms with E-state index in [0.29, 0.717) is 28.7 Å². The molecule has 4 unspecified atom stereocenters. The Balaban J connectivity index is 1.79. The molecule has 0 aromatic heterocycles. The average molecular weight is 385 g/mol. The van der Waals surface area contributed by atoms with Crippen molar-refractivity contribution in [2.45, 2.75) is 72.6 Å². The standard InChI is InChI=1S/C24H32O4/c1-14(2)18-10-11-24-13-20-19(12-17(24)6-5-7-21(18)24)22(27-15(3)25)8-9-23(20)28-16(4)26/h8-9,14,17-18,21H,5-7,10-13H2,1-4H3. The normalized spacial score (nSPS) is 31.0. The van der Waals surface area contributed by atoms with Crippen LogP contribution in [0.4, 0.5) is 0 Å². The molecule has 2 fully saturated rings. The molecule has 3 aliphatic carbocycles. The molecule has 0 heterocycles. The van der Waals surface area contributed by atoms with Crippen LogP contribution in [0.25, 0.3) is 0 Å². The van der Waals surface area contributed by atoms with Crippen molar-refractivity contribution in [3.8, 4) is 11.5 Å². The summed E-state index contributed by atoms with van der Waals surface area (Å²) in [5, 5.41) is 0. The lowest BCUT2D eigenvalue weighted by atomic mass is 9.53. The Morgan fingerprint density at radius 3 is 2.25 bits per heavy atom. The summed E-state index contributed by atoms with van der Waals surface area (Å²) in [7, 11) is 0. The Kier molecular flexibility index (Phi) is 5.01. The smallest absolute Gasteiger partial charge is 0.308 e. The summed E-state index contributed by atoms with van der Waals surface area (Å²) in [6, 6.07) is 3.60. The Morgan fingerprint density at radius 2 is 1.64 bits per heavy atom. The molecule has 4 rings (SSSR count). The number of hydrogen-bond acceptors (Lipinski definition) is 4. The summed E-state index contributed by atoms with van der Waals surface area (Å²) in [6.07, 6.45) is 8.30. The van der Waals surface area contributed by atoms with E-state index in [9.17, 15) is 9.59 Å². The first kappa shape index (κ1) is 19.5. The van der Waals surface area contributed by atoms with Crippen LogP contribution >= 0.6 is 0 Å². The van der Waals surface area contributed by atoms with Gasteiger partial charge in [0.15, 0.2) is 0 Å². The minimum absolute atomic E-state index is 0.297. The van der Waals surface area contributed by atoms with E-state index in [1.54, 1.807) is 6.07 Å². The van der Waals surface area contributed by atoms with Gasteiger partial charge in [0.1, 0.15) is 11.5 Å². The van der Waals surface area contributed by atoms with Crippen molar-refractivity contribution in [1.82, 2.24) is 0 Å². The molecule has 0 aliphatic heterocycles. The highest BCUT2D eigenvalue weighted by atomic mass is 16.5. The number of hydrogen-bond donors (Lipinski definition) is 0. The summed E-state index contributed by atoms with van der Waals surface area (Å²) in [5.74, 6) is 3.59. The minimum atomic E-state index is -0.301. The van der Waals surface area contributed by atoms with Crippen LogP contribution in [0, 0.1) is 29.1 Å². The molecule has 1 aromatic carbocycles. The molecule has 0 N–H and O–H groups in total. The van der Waals surface area contributed by atoms with Gasteiger partial charge in [0.2, 0.25) is 0 Å². The fraction of sp³-hybridized carbons (Fsp3) is 0.667. The fourth-order valence-corrected chi connectivity index (χ4v) is 6.74. The molecule has 0 amide bonds. The quantitative estimate of drug-likeness (QED) is 0.537. The molecule has 3 aliphatic rings. The third-order valence-corrected chi connectivity index (χ3v) is 7.74. The summed E-state index contributed by atoms with van der Waals surface area (Å²) in [4.78, 5) is 23.3. The summed E-state index contributed by atoms with van der Waals surface area (Å²) in [5.41, 5.74) is 2.49. The van der Waals surface area contributed by atoms with E-state index in [4.69, 9.17) is 9.47 Å². The molecule has 0 radical (unpaired) electrons. The fourth-order valence-electron chi connectivity index (χ4n) is 6.74. The van der Waals surface area contributed by atoms with E-state index in [1.807, 2.05) is 6.07 Å². The van der Waals surface area contributed by atoms with Gasteiger partial charge < -0.3 is 9.47 Å². The molecular formula is C24H32O4. The van der Waals surface area contributed by atoms with Gasteiger partial charge >= 0.3 is 11.9 Å². The lowest BCUT2D eigenvalue weighted by Crippen LogP contribution is -2.45. The van der Waals surface area contributed by atoms with Crippen molar-refractivity contribution in [1.29, 1.82) is 0 Å². The second-order valence-electron chi connectivity index (χ2n) is 9.50. The van der Waals surface area contributed by atoms with Crippen molar-refractivity contribution in [3.63, 3.8) is 0 Å². The highest BCUT2D eigenvalue weighted by Crippen LogP contribution is 2.64. The molecule has 1 aromatic rings. The predicted molar refractivity (Wildman–Crippen MR) is 107 cm³/mol. The number of carbonyl (C=O) groups excluding carboxylic acids is 2. The Labute approximate surface area is 168 Å². The number of esters is 2. The number of carbonyl (C=O) groups is 2. The Hall–Kier alpha value is -1.84.